The molecule has 0 saturated heterocycles. The summed E-state index contributed by atoms with van der Waals surface area (Å²) in [5.41, 5.74) is 5.87. The van der Waals surface area contributed by atoms with E-state index >= 15 is 0 Å². The van der Waals surface area contributed by atoms with Crippen LogP contribution in [-0.4, -0.2) is 25.1 Å². The number of fused-ring (bicyclic) bond motifs is 1. The fraction of sp³-hybridized carbons (Fsp3) is 0.250. The Hall–Kier alpha value is -1.68. The van der Waals surface area contributed by atoms with Crippen molar-refractivity contribution in [2.75, 3.05) is 25.0 Å². The number of nitrogens with zero attached hydrogens (tertiary/aromatic N) is 2. The number of likely N-dealkylation sites (N-methyl/N-ethyl adjacent to an activating group) is 1. The van der Waals surface area contributed by atoms with Gasteiger partial charge in [-0.3, -0.25) is 0 Å². The van der Waals surface area contributed by atoms with Gasteiger partial charge in [0.15, 0.2) is 0 Å². The lowest BCUT2D eigenvalue weighted by Gasteiger charge is -2.17. The van der Waals surface area contributed by atoms with Gasteiger partial charge >= 0.3 is 0 Å². The fourth-order valence-electron chi connectivity index (χ4n) is 1.62. The van der Waals surface area contributed by atoms with Crippen molar-refractivity contribution in [1.82, 2.24) is 4.98 Å². The molecule has 2 rings (SSSR count). The Balaban J connectivity index is 2.46. The predicted octanol–water partition coefficient (Wildman–Crippen LogP) is 1.77. The molecule has 1 aromatic carbocycles. The highest BCUT2D eigenvalue weighted by Gasteiger charge is 2.05. The molecule has 0 aliphatic rings. The number of hydrogen-bond acceptors (Lipinski definition) is 3. The molecular weight excluding hydrogens is 205 g/mol. The summed E-state index contributed by atoms with van der Waals surface area (Å²) in [6.45, 7) is 1.25. The number of rotatable bonds is 3. The number of pyridine rings is 1. The van der Waals surface area contributed by atoms with E-state index in [2.05, 4.69) is 4.98 Å². The molecule has 0 aliphatic heterocycles. The summed E-state index contributed by atoms with van der Waals surface area (Å²) in [7, 11) is 1.89. The first-order valence-corrected chi connectivity index (χ1v) is 5.19. The van der Waals surface area contributed by atoms with Gasteiger partial charge in [0.2, 0.25) is 0 Å². The third-order valence-electron chi connectivity index (χ3n) is 2.51. The zero-order chi connectivity index (χ0) is 11.5. The van der Waals surface area contributed by atoms with E-state index in [1.807, 2.05) is 30.1 Å². The second-order valence-corrected chi connectivity index (χ2v) is 3.69. The minimum Gasteiger partial charge on any atom is -0.358 e. The minimum absolute atomic E-state index is 0.291. The lowest BCUT2D eigenvalue weighted by Crippen LogP contribution is -2.25. The molecule has 1 heterocycles. The average molecular weight is 219 g/mol. The third kappa shape index (κ3) is 1.97. The van der Waals surface area contributed by atoms with Gasteiger partial charge in [0.05, 0.1) is 0 Å². The summed E-state index contributed by atoms with van der Waals surface area (Å²) in [5, 5.41) is 0.810. The Morgan fingerprint density at radius 2 is 2.12 bits per heavy atom. The smallest absolute Gasteiger partial charge is 0.149 e. The van der Waals surface area contributed by atoms with Crippen LogP contribution in [0, 0.1) is 5.82 Å². The van der Waals surface area contributed by atoms with E-state index in [1.54, 1.807) is 6.07 Å². The van der Waals surface area contributed by atoms with Crippen molar-refractivity contribution in [1.29, 1.82) is 0 Å². The van der Waals surface area contributed by atoms with E-state index in [4.69, 9.17) is 5.73 Å². The van der Waals surface area contributed by atoms with Gasteiger partial charge in [-0.15, -0.1) is 0 Å². The number of para-hydroxylation sites is 1. The largest absolute Gasteiger partial charge is 0.358 e. The molecule has 2 N–H and O–H groups in total. The Morgan fingerprint density at radius 3 is 2.88 bits per heavy atom. The third-order valence-corrected chi connectivity index (χ3v) is 2.51. The summed E-state index contributed by atoms with van der Waals surface area (Å²) in [4.78, 5) is 6.20. The first kappa shape index (κ1) is 10.8. The van der Waals surface area contributed by atoms with Crippen molar-refractivity contribution in [3.8, 4) is 0 Å². The number of benzene rings is 1. The first-order valence-electron chi connectivity index (χ1n) is 5.19. The van der Waals surface area contributed by atoms with Crippen LogP contribution < -0.4 is 10.6 Å². The van der Waals surface area contributed by atoms with Crippen LogP contribution >= 0.6 is 0 Å². The highest BCUT2D eigenvalue weighted by molar-refractivity contribution is 5.80. The normalized spacial score (nSPS) is 10.7. The minimum atomic E-state index is -0.291. The van der Waals surface area contributed by atoms with Crippen LogP contribution in [0.5, 0.6) is 0 Å². The molecule has 1 aromatic heterocycles. The molecule has 4 heteroatoms. The van der Waals surface area contributed by atoms with Crippen LogP contribution in [0.1, 0.15) is 0 Å². The number of aromatic nitrogens is 1. The van der Waals surface area contributed by atoms with Crippen molar-refractivity contribution in [3.05, 3.63) is 36.1 Å². The lowest BCUT2D eigenvalue weighted by molar-refractivity contribution is 0.636. The van der Waals surface area contributed by atoms with Gasteiger partial charge < -0.3 is 10.6 Å². The molecular formula is C12H14FN3. The number of hydrogen-bond donors (Lipinski definition) is 1. The summed E-state index contributed by atoms with van der Waals surface area (Å²) >= 11 is 0. The summed E-state index contributed by atoms with van der Waals surface area (Å²) < 4.78 is 13.5. The maximum absolute atomic E-state index is 13.5. The highest BCUT2D eigenvalue weighted by atomic mass is 19.1. The van der Waals surface area contributed by atoms with Crippen molar-refractivity contribution in [2.24, 2.45) is 5.73 Å². The Bertz CT molecular complexity index is 499. The van der Waals surface area contributed by atoms with Crippen LogP contribution in [0.3, 0.4) is 0 Å². The van der Waals surface area contributed by atoms with Gasteiger partial charge in [0.25, 0.3) is 0 Å². The molecule has 0 bridgehead atoms. The molecule has 2 aromatic rings. The van der Waals surface area contributed by atoms with Crippen LogP contribution in [0.4, 0.5) is 10.2 Å². The summed E-state index contributed by atoms with van der Waals surface area (Å²) in [6, 6.07) is 8.69. The molecule has 0 fully saturated rings. The molecule has 0 spiro atoms. The standard InChI is InChI=1S/C12H14FN3/c1-16(8-7-14)11-6-5-9-3-2-4-10(13)12(9)15-11/h2-6H,7-8,14H2,1H3. The Morgan fingerprint density at radius 1 is 1.31 bits per heavy atom. The van der Waals surface area contributed by atoms with Crippen LogP contribution in [-0.2, 0) is 0 Å². The molecule has 0 unspecified atom stereocenters. The van der Waals surface area contributed by atoms with Gasteiger partial charge in [-0.2, -0.15) is 0 Å². The quantitative estimate of drug-likeness (QED) is 0.855. The van der Waals surface area contributed by atoms with E-state index in [9.17, 15) is 4.39 Å². The van der Waals surface area contributed by atoms with Crippen LogP contribution in [0.2, 0.25) is 0 Å². The van der Waals surface area contributed by atoms with E-state index < -0.39 is 0 Å². The number of anilines is 1. The maximum atomic E-state index is 13.5. The van der Waals surface area contributed by atoms with Crippen molar-refractivity contribution >= 4 is 16.7 Å². The topological polar surface area (TPSA) is 42.1 Å². The van der Waals surface area contributed by atoms with Gasteiger partial charge in [-0.25, -0.2) is 9.37 Å². The molecule has 0 amide bonds. The van der Waals surface area contributed by atoms with Crippen molar-refractivity contribution < 1.29 is 4.39 Å². The first-order chi connectivity index (χ1) is 7.72. The van der Waals surface area contributed by atoms with Crippen LogP contribution in [0.15, 0.2) is 30.3 Å². The number of halogens is 1. The van der Waals surface area contributed by atoms with Crippen molar-refractivity contribution in [3.63, 3.8) is 0 Å². The zero-order valence-electron chi connectivity index (χ0n) is 9.15. The summed E-state index contributed by atoms with van der Waals surface area (Å²) in [5.74, 6) is 0.448. The second-order valence-electron chi connectivity index (χ2n) is 3.69. The molecule has 0 aliphatic carbocycles. The second kappa shape index (κ2) is 4.45. The average Bonchev–Trinajstić information content (AvgIpc) is 2.29. The van der Waals surface area contributed by atoms with E-state index in [1.165, 1.54) is 6.07 Å². The Labute approximate surface area is 93.7 Å². The van der Waals surface area contributed by atoms with E-state index in [-0.39, 0.29) is 5.82 Å². The summed E-state index contributed by atoms with van der Waals surface area (Å²) in [6.07, 6.45) is 0. The fourth-order valence-corrected chi connectivity index (χ4v) is 1.62. The predicted molar refractivity (Wildman–Crippen MR) is 64.0 cm³/mol. The molecule has 0 saturated carbocycles. The number of nitrogens with two attached hydrogens (primary N) is 1. The van der Waals surface area contributed by atoms with Gasteiger partial charge in [0.1, 0.15) is 17.2 Å². The lowest BCUT2D eigenvalue weighted by atomic mass is 10.2. The molecule has 3 nitrogen and oxygen atoms in total. The maximum Gasteiger partial charge on any atom is 0.149 e. The van der Waals surface area contributed by atoms with Gasteiger partial charge in [-0.1, -0.05) is 12.1 Å². The van der Waals surface area contributed by atoms with E-state index in [0.29, 0.717) is 18.6 Å². The molecule has 84 valence electrons. The zero-order valence-corrected chi connectivity index (χ0v) is 9.15. The van der Waals surface area contributed by atoms with Gasteiger partial charge in [-0.05, 0) is 18.2 Å². The van der Waals surface area contributed by atoms with Gasteiger partial charge in [0, 0.05) is 25.5 Å². The molecule has 16 heavy (non-hydrogen) atoms. The van der Waals surface area contributed by atoms with E-state index in [0.717, 1.165) is 11.2 Å². The van der Waals surface area contributed by atoms with Crippen molar-refractivity contribution in [2.45, 2.75) is 0 Å². The van der Waals surface area contributed by atoms with Crippen LogP contribution in [0.25, 0.3) is 10.9 Å². The monoisotopic (exact) mass is 219 g/mol. The Kier molecular flexibility index (Phi) is 3.01. The molecule has 0 radical (unpaired) electrons. The SMILES string of the molecule is CN(CCN)c1ccc2cccc(F)c2n1. The highest BCUT2D eigenvalue weighted by Crippen LogP contribution is 2.19. The molecule has 0 atom stereocenters.